The summed E-state index contributed by atoms with van der Waals surface area (Å²) in [7, 11) is 0. The first-order chi connectivity index (χ1) is 7.48. The second-order valence-corrected chi connectivity index (χ2v) is 5.11. The smallest absolute Gasteiger partial charge is 0.113 e. The maximum atomic E-state index is 6.00. The molecule has 2 N–H and O–H groups in total. The highest BCUT2D eigenvalue weighted by molar-refractivity contribution is 7.10. The second kappa shape index (κ2) is 3.92. The van der Waals surface area contributed by atoms with Gasteiger partial charge in [-0.15, -0.1) is 11.3 Å². The van der Waals surface area contributed by atoms with Crippen LogP contribution < -0.4 is 5.73 Å². The van der Waals surface area contributed by atoms with Crippen molar-refractivity contribution in [3.63, 3.8) is 0 Å². The summed E-state index contributed by atoms with van der Waals surface area (Å²) in [4.78, 5) is 13.0. The van der Waals surface area contributed by atoms with Crippen molar-refractivity contribution in [1.29, 1.82) is 0 Å². The summed E-state index contributed by atoms with van der Waals surface area (Å²) in [6.45, 7) is 5.81. The van der Waals surface area contributed by atoms with E-state index in [1.807, 2.05) is 26.2 Å². The molecule has 5 heteroatoms. The van der Waals surface area contributed by atoms with Crippen LogP contribution in [0.3, 0.4) is 0 Å². The zero-order valence-corrected chi connectivity index (χ0v) is 10.4. The molecular weight excluding hydrogens is 220 g/mol. The predicted octanol–water partition coefficient (Wildman–Crippen LogP) is 2.10. The van der Waals surface area contributed by atoms with E-state index in [-0.39, 0.29) is 0 Å². The van der Waals surface area contributed by atoms with Gasteiger partial charge in [0.05, 0.1) is 11.2 Å². The van der Waals surface area contributed by atoms with Gasteiger partial charge in [-0.1, -0.05) is 0 Å². The van der Waals surface area contributed by atoms with Gasteiger partial charge in [0.2, 0.25) is 0 Å². The van der Waals surface area contributed by atoms with Gasteiger partial charge < -0.3 is 5.73 Å². The van der Waals surface area contributed by atoms with Crippen LogP contribution in [-0.4, -0.2) is 15.0 Å². The van der Waals surface area contributed by atoms with E-state index in [9.17, 15) is 0 Å². The van der Waals surface area contributed by atoms with Crippen LogP contribution in [0.5, 0.6) is 0 Å². The lowest BCUT2D eigenvalue weighted by Gasteiger charge is -2.13. The molecule has 2 heterocycles. The molecule has 2 aromatic rings. The van der Waals surface area contributed by atoms with Crippen molar-refractivity contribution >= 4 is 11.3 Å². The summed E-state index contributed by atoms with van der Waals surface area (Å²) < 4.78 is 0. The fourth-order valence-corrected chi connectivity index (χ4v) is 2.18. The fraction of sp³-hybridized carbons (Fsp3) is 0.364. The second-order valence-electron chi connectivity index (χ2n) is 4.25. The molecule has 0 fully saturated rings. The standard InChI is InChI=1S/C11H14N4S/c1-7-9(14-5-4-13-7)8-6-16-10(15-8)11(2,3)12/h4-6H,12H2,1-3H3. The van der Waals surface area contributed by atoms with Crippen LogP contribution in [-0.2, 0) is 5.54 Å². The Morgan fingerprint density at radius 3 is 2.50 bits per heavy atom. The molecule has 0 aliphatic heterocycles. The van der Waals surface area contributed by atoms with Crippen molar-refractivity contribution in [1.82, 2.24) is 15.0 Å². The largest absolute Gasteiger partial charge is 0.320 e. The van der Waals surface area contributed by atoms with E-state index in [1.54, 1.807) is 23.7 Å². The molecule has 2 aromatic heterocycles. The highest BCUT2D eigenvalue weighted by Crippen LogP contribution is 2.26. The maximum absolute atomic E-state index is 6.00. The number of thiazole rings is 1. The quantitative estimate of drug-likeness (QED) is 0.864. The normalized spacial score (nSPS) is 11.8. The maximum Gasteiger partial charge on any atom is 0.113 e. The summed E-state index contributed by atoms with van der Waals surface area (Å²) in [6.07, 6.45) is 3.36. The Morgan fingerprint density at radius 1 is 1.25 bits per heavy atom. The van der Waals surface area contributed by atoms with Crippen LogP contribution in [0.4, 0.5) is 0 Å². The summed E-state index contributed by atoms with van der Waals surface area (Å²) in [5.74, 6) is 0. The van der Waals surface area contributed by atoms with Gasteiger partial charge in [0.25, 0.3) is 0 Å². The van der Waals surface area contributed by atoms with Crippen LogP contribution in [0.1, 0.15) is 24.5 Å². The van der Waals surface area contributed by atoms with Crippen molar-refractivity contribution in [3.8, 4) is 11.4 Å². The fourth-order valence-electron chi connectivity index (χ4n) is 1.34. The van der Waals surface area contributed by atoms with Gasteiger partial charge in [0, 0.05) is 17.8 Å². The molecule has 2 rings (SSSR count). The molecule has 84 valence electrons. The number of aromatic nitrogens is 3. The number of hydrogen-bond acceptors (Lipinski definition) is 5. The lowest BCUT2D eigenvalue weighted by Crippen LogP contribution is -2.28. The van der Waals surface area contributed by atoms with Crippen LogP contribution in [0.25, 0.3) is 11.4 Å². The van der Waals surface area contributed by atoms with Gasteiger partial charge in [-0.05, 0) is 20.8 Å². The SMILES string of the molecule is Cc1nccnc1-c1csc(C(C)(C)N)n1. The Morgan fingerprint density at radius 2 is 1.94 bits per heavy atom. The van der Waals surface area contributed by atoms with E-state index in [2.05, 4.69) is 15.0 Å². The first-order valence-corrected chi connectivity index (χ1v) is 5.89. The summed E-state index contributed by atoms with van der Waals surface area (Å²) >= 11 is 1.56. The van der Waals surface area contributed by atoms with E-state index in [0.29, 0.717) is 0 Å². The van der Waals surface area contributed by atoms with Crippen molar-refractivity contribution in [2.24, 2.45) is 5.73 Å². The highest BCUT2D eigenvalue weighted by atomic mass is 32.1. The molecule has 0 saturated heterocycles. The molecule has 0 aliphatic carbocycles. The third-order valence-corrected chi connectivity index (χ3v) is 3.36. The molecule has 0 spiro atoms. The van der Waals surface area contributed by atoms with Gasteiger partial charge in [0.1, 0.15) is 16.4 Å². The van der Waals surface area contributed by atoms with Gasteiger partial charge in [-0.3, -0.25) is 9.97 Å². The molecule has 0 aromatic carbocycles. The molecule has 0 saturated carbocycles. The van der Waals surface area contributed by atoms with Gasteiger partial charge in [-0.25, -0.2) is 4.98 Å². The van der Waals surface area contributed by atoms with E-state index in [4.69, 9.17) is 5.73 Å². The Labute approximate surface area is 98.6 Å². The third-order valence-electron chi connectivity index (χ3n) is 2.18. The van der Waals surface area contributed by atoms with Crippen LogP contribution in [0.15, 0.2) is 17.8 Å². The van der Waals surface area contributed by atoms with Crippen LogP contribution in [0.2, 0.25) is 0 Å². The Balaban J connectivity index is 2.44. The number of rotatable bonds is 2. The van der Waals surface area contributed by atoms with E-state index in [1.165, 1.54) is 0 Å². The molecule has 0 radical (unpaired) electrons. The molecule has 0 aliphatic rings. The molecular formula is C11H14N4S. The highest BCUT2D eigenvalue weighted by Gasteiger charge is 2.19. The van der Waals surface area contributed by atoms with Crippen molar-refractivity contribution < 1.29 is 0 Å². The average Bonchev–Trinajstić information content (AvgIpc) is 2.66. The molecule has 0 unspecified atom stereocenters. The first-order valence-electron chi connectivity index (χ1n) is 5.01. The Hall–Kier alpha value is -1.33. The van der Waals surface area contributed by atoms with Crippen molar-refractivity contribution in [2.75, 3.05) is 0 Å². The van der Waals surface area contributed by atoms with Crippen LogP contribution in [0, 0.1) is 6.92 Å². The van der Waals surface area contributed by atoms with Crippen molar-refractivity contribution in [3.05, 3.63) is 28.5 Å². The lowest BCUT2D eigenvalue weighted by molar-refractivity contribution is 0.550. The zero-order valence-electron chi connectivity index (χ0n) is 9.56. The van der Waals surface area contributed by atoms with Crippen molar-refractivity contribution in [2.45, 2.75) is 26.3 Å². The van der Waals surface area contributed by atoms with E-state index < -0.39 is 5.54 Å². The Kier molecular flexibility index (Phi) is 2.73. The van der Waals surface area contributed by atoms with E-state index in [0.717, 1.165) is 22.1 Å². The molecule has 0 bridgehead atoms. The minimum atomic E-state index is -0.404. The number of aryl methyl sites for hydroxylation is 1. The topological polar surface area (TPSA) is 64.7 Å². The average molecular weight is 234 g/mol. The van der Waals surface area contributed by atoms with Gasteiger partial charge >= 0.3 is 0 Å². The summed E-state index contributed by atoms with van der Waals surface area (Å²) in [6, 6.07) is 0. The van der Waals surface area contributed by atoms with Gasteiger partial charge in [0.15, 0.2) is 0 Å². The first kappa shape index (κ1) is 11.2. The summed E-state index contributed by atoms with van der Waals surface area (Å²) in [5.41, 5.74) is 8.16. The predicted molar refractivity (Wildman–Crippen MR) is 65.1 cm³/mol. The summed E-state index contributed by atoms with van der Waals surface area (Å²) in [5, 5.41) is 2.88. The molecule has 4 nitrogen and oxygen atoms in total. The van der Waals surface area contributed by atoms with Crippen LogP contribution >= 0.6 is 11.3 Å². The molecule has 0 atom stereocenters. The number of nitrogens with two attached hydrogens (primary N) is 1. The molecule has 0 amide bonds. The monoisotopic (exact) mass is 234 g/mol. The number of nitrogens with zero attached hydrogens (tertiary/aromatic N) is 3. The van der Waals surface area contributed by atoms with Gasteiger partial charge in [-0.2, -0.15) is 0 Å². The minimum absolute atomic E-state index is 0.404. The third kappa shape index (κ3) is 2.10. The number of hydrogen-bond donors (Lipinski definition) is 1. The Bertz CT molecular complexity index is 499. The minimum Gasteiger partial charge on any atom is -0.320 e. The zero-order chi connectivity index (χ0) is 11.8. The lowest BCUT2D eigenvalue weighted by atomic mass is 10.1. The molecule has 16 heavy (non-hydrogen) atoms. The van der Waals surface area contributed by atoms with E-state index >= 15 is 0 Å².